The molecule has 0 N–H and O–H groups in total. The van der Waals surface area contributed by atoms with Crippen LogP contribution in [0.25, 0.3) is 0 Å². The second-order valence-electron chi connectivity index (χ2n) is 6.20. The molecule has 0 unspecified atom stereocenters. The van der Waals surface area contributed by atoms with Gasteiger partial charge in [0.15, 0.2) is 0 Å². The molecule has 4 saturated carbocycles. The summed E-state index contributed by atoms with van der Waals surface area (Å²) in [5.74, 6) is 0.786. The second kappa shape index (κ2) is 3.93. The Morgan fingerprint density at radius 2 is 1.50 bits per heavy atom. The quantitative estimate of drug-likeness (QED) is 0.579. The molecular weight excluding hydrogens is 256 g/mol. The molecule has 6 heteroatoms. The van der Waals surface area contributed by atoms with Crippen LogP contribution in [0.5, 0.6) is 0 Å². The molecule has 0 saturated heterocycles. The topological polar surface area (TPSA) is 69.7 Å². The molecule has 0 aromatic carbocycles. The lowest BCUT2D eigenvalue weighted by Gasteiger charge is -2.54. The Bertz CT molecular complexity index is 432. The van der Waals surface area contributed by atoms with Crippen molar-refractivity contribution in [2.45, 2.75) is 50.2 Å². The van der Waals surface area contributed by atoms with E-state index in [0.717, 1.165) is 26.2 Å². The third-order valence-corrected chi connectivity index (χ3v) is 6.56. The molecule has 0 spiro atoms. The van der Waals surface area contributed by atoms with Crippen molar-refractivity contribution in [3.05, 3.63) is 0 Å². The van der Waals surface area contributed by atoms with Crippen LogP contribution in [-0.4, -0.2) is 19.1 Å². The van der Waals surface area contributed by atoms with Gasteiger partial charge in [-0.15, -0.1) is 0 Å². The Hall–Kier alpha value is -0.620. The molecule has 4 rings (SSSR count). The van der Waals surface area contributed by atoms with Crippen molar-refractivity contribution >= 4 is 16.1 Å². The molecule has 0 aliphatic heterocycles. The van der Waals surface area contributed by atoms with Gasteiger partial charge in [-0.25, -0.2) is 4.79 Å². The van der Waals surface area contributed by atoms with Crippen LogP contribution < -0.4 is 0 Å². The summed E-state index contributed by atoms with van der Waals surface area (Å²) >= 11 is 0. The van der Waals surface area contributed by atoms with Crippen LogP contribution >= 0.6 is 0 Å². The first kappa shape index (κ1) is 12.4. The average Bonchev–Trinajstić information content (AvgIpc) is 2.24. The van der Waals surface area contributed by atoms with Crippen LogP contribution in [0, 0.1) is 17.8 Å². The molecule has 0 radical (unpaired) electrons. The highest BCUT2D eigenvalue weighted by Crippen LogP contribution is 2.58. The van der Waals surface area contributed by atoms with Gasteiger partial charge in [0.05, 0.1) is 0 Å². The van der Waals surface area contributed by atoms with Crippen LogP contribution in [-0.2, 0) is 24.1 Å². The number of carbonyl (C=O) groups excluding carboxylic acids is 1. The summed E-state index contributed by atoms with van der Waals surface area (Å²) in [5, 5.41) is 0. The summed E-state index contributed by atoms with van der Waals surface area (Å²) in [6.07, 6.45) is 5.47. The van der Waals surface area contributed by atoms with E-state index in [-0.39, 0.29) is 0 Å². The summed E-state index contributed by atoms with van der Waals surface area (Å²) < 4.78 is 28.3. The van der Waals surface area contributed by atoms with Crippen molar-refractivity contribution < 1.29 is 22.4 Å². The van der Waals surface area contributed by atoms with Gasteiger partial charge in [-0.2, -0.15) is 8.42 Å². The third kappa shape index (κ3) is 1.86. The van der Waals surface area contributed by atoms with Crippen molar-refractivity contribution in [1.82, 2.24) is 0 Å². The molecule has 4 aliphatic rings. The van der Waals surface area contributed by atoms with Gasteiger partial charge in [0, 0.05) is 6.92 Å². The molecule has 18 heavy (non-hydrogen) atoms. The van der Waals surface area contributed by atoms with E-state index < -0.39 is 20.8 Å². The molecule has 102 valence electrons. The predicted molar refractivity (Wildman–Crippen MR) is 62.7 cm³/mol. The lowest BCUT2D eigenvalue weighted by Crippen LogP contribution is -2.55. The Balaban J connectivity index is 1.84. The fourth-order valence-corrected chi connectivity index (χ4v) is 6.15. The molecule has 0 aromatic heterocycles. The Kier molecular flexibility index (Phi) is 2.71. The first-order chi connectivity index (χ1) is 8.40. The molecule has 0 aromatic rings. The minimum Gasteiger partial charge on any atom is -0.282 e. The fourth-order valence-electron chi connectivity index (χ4n) is 4.50. The first-order valence-electron chi connectivity index (χ1n) is 6.51. The van der Waals surface area contributed by atoms with Crippen molar-refractivity contribution in [3.8, 4) is 0 Å². The molecule has 0 heterocycles. The van der Waals surface area contributed by atoms with Gasteiger partial charge in [-0.05, 0) is 56.3 Å². The highest BCUT2D eigenvalue weighted by molar-refractivity contribution is 7.88. The minimum absolute atomic E-state index is 0.506. The molecule has 0 amide bonds. The summed E-state index contributed by atoms with van der Waals surface area (Å²) in [5.41, 5.74) is 0. The minimum atomic E-state index is -3.82. The molecule has 5 nitrogen and oxygen atoms in total. The second-order valence-corrected chi connectivity index (χ2v) is 8.11. The van der Waals surface area contributed by atoms with Crippen LogP contribution in [0.2, 0.25) is 0 Å². The predicted octanol–water partition coefficient (Wildman–Crippen LogP) is 1.78. The van der Waals surface area contributed by atoms with Gasteiger partial charge >= 0.3 is 16.1 Å². The molecule has 4 bridgehead atoms. The standard InChI is InChI=1S/C12H18O5S/c1-8(13)16-17-18(14,15)12-5-9-2-10(6-12)4-11(3-9)7-12/h9-11H,2-7H2,1H3. The van der Waals surface area contributed by atoms with E-state index in [1.165, 1.54) is 0 Å². The van der Waals surface area contributed by atoms with E-state index in [2.05, 4.69) is 9.22 Å². The lowest BCUT2D eigenvalue weighted by molar-refractivity contribution is -0.210. The van der Waals surface area contributed by atoms with Gasteiger partial charge in [0.2, 0.25) is 0 Å². The number of rotatable bonds is 3. The van der Waals surface area contributed by atoms with Crippen LogP contribution in [0.3, 0.4) is 0 Å². The SMILES string of the molecule is CC(=O)OOS(=O)(=O)C12CC3CC(CC(C3)C1)C2. The Morgan fingerprint density at radius 3 is 1.89 bits per heavy atom. The van der Waals surface area contributed by atoms with E-state index in [1.54, 1.807) is 0 Å². The maximum Gasteiger partial charge on any atom is 0.340 e. The van der Waals surface area contributed by atoms with E-state index >= 15 is 0 Å². The van der Waals surface area contributed by atoms with Gasteiger partial charge in [-0.1, -0.05) is 4.33 Å². The van der Waals surface area contributed by atoms with Crippen molar-refractivity contribution in [1.29, 1.82) is 0 Å². The normalized spacial score (nSPS) is 41.9. The Labute approximate surface area is 107 Å². The monoisotopic (exact) mass is 274 g/mol. The zero-order valence-electron chi connectivity index (χ0n) is 10.4. The van der Waals surface area contributed by atoms with Crippen molar-refractivity contribution in [3.63, 3.8) is 0 Å². The largest absolute Gasteiger partial charge is 0.340 e. The summed E-state index contributed by atoms with van der Waals surface area (Å²) in [6.45, 7) is 1.13. The van der Waals surface area contributed by atoms with E-state index in [4.69, 9.17) is 0 Å². The highest BCUT2D eigenvalue weighted by atomic mass is 32.2. The highest BCUT2D eigenvalue weighted by Gasteiger charge is 2.58. The van der Waals surface area contributed by atoms with E-state index in [0.29, 0.717) is 37.0 Å². The molecule has 4 fully saturated rings. The maximum atomic E-state index is 12.3. The van der Waals surface area contributed by atoms with Gasteiger partial charge in [0.1, 0.15) is 4.75 Å². The third-order valence-electron chi connectivity index (χ3n) is 4.75. The van der Waals surface area contributed by atoms with Crippen LogP contribution in [0.4, 0.5) is 0 Å². The zero-order valence-corrected chi connectivity index (χ0v) is 11.2. The van der Waals surface area contributed by atoms with Crippen molar-refractivity contribution in [2.75, 3.05) is 0 Å². The van der Waals surface area contributed by atoms with Crippen molar-refractivity contribution in [2.24, 2.45) is 17.8 Å². The summed E-state index contributed by atoms with van der Waals surface area (Å²) in [4.78, 5) is 15.0. The number of carbonyl (C=O) groups is 1. The molecule has 4 aliphatic carbocycles. The Morgan fingerprint density at radius 1 is 1.06 bits per heavy atom. The van der Waals surface area contributed by atoms with Gasteiger partial charge in [-0.3, -0.25) is 4.89 Å². The average molecular weight is 274 g/mol. The fraction of sp³-hybridized carbons (Fsp3) is 0.917. The summed E-state index contributed by atoms with van der Waals surface area (Å²) in [7, 11) is -3.82. The molecule has 0 atom stereocenters. The smallest absolute Gasteiger partial charge is 0.282 e. The van der Waals surface area contributed by atoms with E-state index in [9.17, 15) is 13.2 Å². The molecular formula is C12H18O5S. The zero-order chi connectivity index (χ0) is 13.0. The van der Waals surface area contributed by atoms with E-state index in [1.807, 2.05) is 0 Å². The maximum absolute atomic E-state index is 12.3. The van der Waals surface area contributed by atoms with Gasteiger partial charge in [0.25, 0.3) is 0 Å². The van der Waals surface area contributed by atoms with Crippen LogP contribution in [0.15, 0.2) is 0 Å². The number of hydrogen-bond donors (Lipinski definition) is 0. The van der Waals surface area contributed by atoms with Gasteiger partial charge < -0.3 is 0 Å². The first-order valence-corrected chi connectivity index (χ1v) is 7.92. The lowest BCUT2D eigenvalue weighted by atomic mass is 9.56. The number of hydrogen-bond acceptors (Lipinski definition) is 5. The van der Waals surface area contributed by atoms with Crippen LogP contribution in [0.1, 0.15) is 45.4 Å². The summed E-state index contributed by atoms with van der Waals surface area (Å²) in [6, 6.07) is 0.